The van der Waals surface area contributed by atoms with Gasteiger partial charge in [0.25, 0.3) is 23.6 Å². The fraction of sp³-hybridized carbons (Fsp3) is 0.333. The van der Waals surface area contributed by atoms with Gasteiger partial charge in [-0.05, 0) is 90.9 Å². The Balaban J connectivity index is 0.852. The van der Waals surface area contributed by atoms with Crippen molar-refractivity contribution in [3.8, 4) is 23.0 Å². The van der Waals surface area contributed by atoms with Crippen molar-refractivity contribution in [3.05, 3.63) is 131 Å². The molecular formula is C60H63N9O14. The number of unbranched alkanes of at least 4 members (excludes halogenated alkanes) is 1. The molecule has 4 N–H and O–H groups in total. The molecule has 0 spiro atoms. The van der Waals surface area contributed by atoms with E-state index in [0.717, 1.165) is 22.5 Å². The lowest BCUT2D eigenvalue weighted by atomic mass is 10.1. The molecule has 8 amide bonds. The molecule has 5 heterocycles. The van der Waals surface area contributed by atoms with Gasteiger partial charge >= 0.3 is 5.97 Å². The molecule has 4 aromatic carbocycles. The van der Waals surface area contributed by atoms with Gasteiger partial charge < -0.3 is 54.9 Å². The second kappa shape index (κ2) is 25.8. The van der Waals surface area contributed by atoms with E-state index < -0.39 is 61.0 Å². The number of hydroxylamine groups is 2. The highest BCUT2D eigenvalue weighted by Gasteiger charge is 2.39. The van der Waals surface area contributed by atoms with Crippen molar-refractivity contribution in [1.29, 1.82) is 0 Å². The number of amides is 8. The van der Waals surface area contributed by atoms with Gasteiger partial charge in [0.05, 0.1) is 68.4 Å². The summed E-state index contributed by atoms with van der Waals surface area (Å²) < 4.78 is 24.4. The van der Waals surface area contributed by atoms with E-state index in [1.807, 2.05) is 49.4 Å². The SMILES string of the molecule is C=CC1=C(/C=C\C)C[C@H]2CNc3cc(OCc4cc(COc5cc6c(cc5OC)C(=O)N5c7ccccc7C[C@H]5C=N6)cc(N(C)C(=O)CNC(=O)CNC(=O)CNC(=O)CCCCC(=O)ON5C(=O)CCC5=O)c4)c(OC)cc3C(=O)N12. The topological polar surface area (TPSA) is 273 Å². The van der Waals surface area contributed by atoms with Crippen LogP contribution in [0.5, 0.6) is 23.0 Å². The molecule has 5 aliphatic rings. The molecule has 1 fully saturated rings. The van der Waals surface area contributed by atoms with E-state index in [0.29, 0.717) is 86.8 Å². The van der Waals surface area contributed by atoms with Crippen molar-refractivity contribution in [2.45, 2.75) is 83.6 Å². The average molecular weight is 1130 g/mol. The number of likely N-dealkylation sites (N-methyl/N-ethyl adjacent to an activating group) is 1. The summed E-state index contributed by atoms with van der Waals surface area (Å²) in [5.41, 5.74) is 6.95. The van der Waals surface area contributed by atoms with Gasteiger partial charge in [0.2, 0.25) is 23.6 Å². The molecule has 0 aromatic heterocycles. The van der Waals surface area contributed by atoms with E-state index in [4.69, 9.17) is 28.8 Å². The van der Waals surface area contributed by atoms with Crippen LogP contribution in [-0.2, 0) is 58.0 Å². The van der Waals surface area contributed by atoms with Crippen LogP contribution >= 0.6 is 0 Å². The Hall–Kier alpha value is -9.80. The fourth-order valence-electron chi connectivity index (χ4n) is 10.3. The fourth-order valence-corrected chi connectivity index (χ4v) is 10.3. The van der Waals surface area contributed by atoms with Crippen molar-refractivity contribution in [1.82, 2.24) is 25.9 Å². The Kier molecular flexibility index (Phi) is 18.0. The minimum atomic E-state index is -0.783. The lowest BCUT2D eigenvalue weighted by Crippen LogP contribution is -2.44. The molecule has 0 bridgehead atoms. The summed E-state index contributed by atoms with van der Waals surface area (Å²) >= 11 is 0. The van der Waals surface area contributed by atoms with Crippen LogP contribution in [0.3, 0.4) is 0 Å². The number of carbonyl (C=O) groups excluding carboxylic acids is 9. The minimum absolute atomic E-state index is 0.0268. The Morgan fingerprint density at radius 3 is 2.05 bits per heavy atom. The molecule has 4 aromatic rings. The summed E-state index contributed by atoms with van der Waals surface area (Å²) in [6, 6.07) is 19.3. The number of aliphatic imine (C=N–C) groups is 1. The third-order valence-electron chi connectivity index (χ3n) is 14.5. The van der Waals surface area contributed by atoms with Gasteiger partial charge in [0.15, 0.2) is 23.0 Å². The van der Waals surface area contributed by atoms with E-state index in [-0.39, 0.29) is 75.6 Å². The number of hydrogen-bond acceptors (Lipinski definition) is 16. The number of ether oxygens (including phenoxy) is 4. The van der Waals surface area contributed by atoms with Crippen LogP contribution in [-0.4, -0.2) is 129 Å². The maximum Gasteiger partial charge on any atom is 0.333 e. The van der Waals surface area contributed by atoms with Gasteiger partial charge in [-0.3, -0.25) is 48.2 Å². The summed E-state index contributed by atoms with van der Waals surface area (Å²) in [6.07, 6.45) is 8.94. The molecule has 0 saturated carbocycles. The first-order chi connectivity index (χ1) is 40.1. The van der Waals surface area contributed by atoms with Crippen molar-refractivity contribution in [2.24, 2.45) is 4.99 Å². The summed E-state index contributed by atoms with van der Waals surface area (Å²) in [5.74, 6) is -3.51. The number of carbonyl (C=O) groups is 9. The molecule has 1 saturated heterocycles. The van der Waals surface area contributed by atoms with Crippen LogP contribution < -0.4 is 50.0 Å². The Labute approximate surface area is 478 Å². The molecule has 432 valence electrons. The Bertz CT molecular complexity index is 3390. The number of fused-ring (bicyclic) bond motifs is 6. The second-order valence-corrected chi connectivity index (χ2v) is 20.1. The quantitative estimate of drug-likeness (QED) is 0.0543. The molecule has 0 aliphatic carbocycles. The van der Waals surface area contributed by atoms with Crippen LogP contribution in [0.15, 0.2) is 108 Å². The molecular weight excluding hydrogens is 1070 g/mol. The normalized spacial score (nSPS) is 16.7. The van der Waals surface area contributed by atoms with E-state index in [1.54, 1.807) is 58.5 Å². The van der Waals surface area contributed by atoms with E-state index in [2.05, 4.69) is 27.8 Å². The molecule has 5 aliphatic heterocycles. The number of nitrogens with one attached hydrogen (secondary N) is 4. The van der Waals surface area contributed by atoms with Crippen LogP contribution in [0.2, 0.25) is 0 Å². The molecule has 83 heavy (non-hydrogen) atoms. The zero-order valence-electron chi connectivity index (χ0n) is 46.4. The highest BCUT2D eigenvalue weighted by Crippen LogP contribution is 2.43. The van der Waals surface area contributed by atoms with Crippen LogP contribution in [0.25, 0.3) is 0 Å². The third kappa shape index (κ3) is 13.0. The van der Waals surface area contributed by atoms with Crippen LogP contribution in [0.4, 0.5) is 22.7 Å². The molecule has 2 atom stereocenters. The van der Waals surface area contributed by atoms with Gasteiger partial charge in [0, 0.05) is 81.1 Å². The summed E-state index contributed by atoms with van der Waals surface area (Å²) in [4.78, 5) is 129. The number of nitrogens with zero attached hydrogens (tertiary/aromatic N) is 5. The number of methoxy groups -OCH3 is 2. The molecule has 0 radical (unpaired) electrons. The van der Waals surface area contributed by atoms with E-state index in [9.17, 15) is 43.2 Å². The summed E-state index contributed by atoms with van der Waals surface area (Å²) in [5, 5.41) is 11.2. The molecule has 0 unspecified atom stereocenters. The van der Waals surface area contributed by atoms with Gasteiger partial charge in [-0.2, -0.15) is 0 Å². The highest BCUT2D eigenvalue weighted by atomic mass is 16.7. The first-order valence-electron chi connectivity index (χ1n) is 27.0. The summed E-state index contributed by atoms with van der Waals surface area (Å²) in [7, 11) is 4.49. The third-order valence-corrected chi connectivity index (χ3v) is 14.5. The number of benzene rings is 4. The molecule has 23 nitrogen and oxygen atoms in total. The lowest BCUT2D eigenvalue weighted by Gasteiger charge is -2.24. The monoisotopic (exact) mass is 1130 g/mol. The van der Waals surface area contributed by atoms with Crippen molar-refractivity contribution >= 4 is 82.2 Å². The molecule has 9 rings (SSSR count). The summed E-state index contributed by atoms with van der Waals surface area (Å²) in [6.45, 7) is 4.89. The molecule has 23 heteroatoms. The number of anilines is 3. The Morgan fingerprint density at radius 1 is 0.747 bits per heavy atom. The van der Waals surface area contributed by atoms with Gasteiger partial charge in [-0.15, -0.1) is 5.06 Å². The maximum absolute atomic E-state index is 14.2. The van der Waals surface area contributed by atoms with Crippen molar-refractivity contribution < 1.29 is 66.9 Å². The van der Waals surface area contributed by atoms with Crippen molar-refractivity contribution in [2.75, 3.05) is 62.6 Å². The van der Waals surface area contributed by atoms with Crippen LogP contribution in [0.1, 0.15) is 89.3 Å². The zero-order valence-corrected chi connectivity index (χ0v) is 46.4. The number of imide groups is 1. The predicted molar refractivity (Wildman–Crippen MR) is 303 cm³/mol. The average Bonchev–Trinajstić information content (AvgIpc) is 2.81. The number of allylic oxidation sites excluding steroid dienone is 3. The number of hydrogen-bond donors (Lipinski definition) is 4. The van der Waals surface area contributed by atoms with E-state index in [1.165, 1.54) is 26.2 Å². The highest BCUT2D eigenvalue weighted by molar-refractivity contribution is 6.15. The van der Waals surface area contributed by atoms with Crippen molar-refractivity contribution in [3.63, 3.8) is 0 Å². The van der Waals surface area contributed by atoms with Gasteiger partial charge in [-0.25, -0.2) is 4.79 Å². The largest absolute Gasteiger partial charge is 0.493 e. The lowest BCUT2D eigenvalue weighted by molar-refractivity contribution is -0.197. The van der Waals surface area contributed by atoms with E-state index >= 15 is 0 Å². The number of para-hydroxylation sites is 1. The standard InChI is InChI=1S/C60H63N9O14/c1-6-12-37-22-40-28-61-44-26-50(48(79-4)24-42(44)59(77)67(40)46(37)7-2)81-33-35-19-36(34-82-51-27-45-43(25-49(51)80-5)60(78)68-41(29-62-45)23-38-13-8-9-14-47(38)68)21-39(20-35)66(3)57(75)32-65-54(72)31-64-53(71)30-63-52(70)15-10-11-16-58(76)83-69-55(73)17-18-56(69)74/h6-9,12-14,19-21,24-27,29,40-41,61H,2,10-11,15-18,22-23,28,30-34H2,1,3-5H3,(H,63,70)(H,64,71)(H,65,72)/b12-6-/t40-,41-/m0/s1. The smallest absolute Gasteiger partial charge is 0.333 e. The zero-order chi connectivity index (χ0) is 58.9. The van der Waals surface area contributed by atoms with Crippen LogP contribution in [0, 0.1) is 0 Å². The van der Waals surface area contributed by atoms with Gasteiger partial charge in [0.1, 0.15) is 13.2 Å². The number of rotatable bonds is 23. The maximum atomic E-state index is 14.2. The minimum Gasteiger partial charge on any atom is -0.493 e. The Morgan fingerprint density at radius 2 is 1.37 bits per heavy atom. The first-order valence-corrected chi connectivity index (χ1v) is 27.0. The first kappa shape index (κ1) is 57.9. The predicted octanol–water partition coefficient (Wildman–Crippen LogP) is 5.28. The van der Waals surface area contributed by atoms with Gasteiger partial charge in [-0.1, -0.05) is 36.9 Å². The second-order valence-electron chi connectivity index (χ2n) is 20.1.